The molecule has 4 aliphatic heterocycles. The molecule has 0 radical (unpaired) electrons. The quantitative estimate of drug-likeness (QED) is 0.0679. The molecule has 16 nitrogen and oxygen atoms in total. The highest BCUT2D eigenvalue weighted by molar-refractivity contribution is 5.96. The molecule has 16 heteroatoms. The van der Waals surface area contributed by atoms with E-state index in [1.54, 1.807) is 32.2 Å². The zero-order chi connectivity index (χ0) is 53.4. The van der Waals surface area contributed by atoms with E-state index in [0.29, 0.717) is 45.3 Å². The molecule has 0 spiro atoms. The fourth-order valence-electron chi connectivity index (χ4n) is 10.9. The summed E-state index contributed by atoms with van der Waals surface area (Å²) in [4.78, 5) is 81.4. The number of hydrogen-bond acceptors (Lipinski definition) is 11. The molecule has 0 aliphatic carbocycles. The second kappa shape index (κ2) is 24.7. The van der Waals surface area contributed by atoms with Crippen LogP contribution >= 0.6 is 0 Å². The number of methoxy groups -OCH3 is 1. The van der Waals surface area contributed by atoms with Crippen molar-refractivity contribution in [1.82, 2.24) is 35.0 Å². The molecule has 4 aliphatic rings. The van der Waals surface area contributed by atoms with E-state index < -0.39 is 52.8 Å². The Hall–Kier alpha value is -5.50. The lowest BCUT2D eigenvalue weighted by Crippen LogP contribution is -2.61. The Labute approximate surface area is 435 Å². The van der Waals surface area contributed by atoms with Crippen molar-refractivity contribution in [2.75, 3.05) is 71.5 Å². The Balaban J connectivity index is 1.10. The number of hydrogen-bond donors (Lipinski definition) is 2. The molecular formula is C57H85N9O7. The number of carbonyl (C=O) groups is 5. The number of allylic oxidation sites excluding steroid dienone is 2. The minimum Gasteiger partial charge on any atom is -0.464 e. The highest BCUT2D eigenvalue weighted by atomic mass is 16.5. The summed E-state index contributed by atoms with van der Waals surface area (Å²) in [5.41, 5.74) is 8.31. The summed E-state index contributed by atoms with van der Waals surface area (Å²) in [7, 11) is 3.29. The molecule has 5 heterocycles. The van der Waals surface area contributed by atoms with E-state index in [9.17, 15) is 24.0 Å². The predicted molar refractivity (Wildman–Crippen MR) is 289 cm³/mol. The summed E-state index contributed by atoms with van der Waals surface area (Å²) in [6.45, 7) is 29.7. The van der Waals surface area contributed by atoms with Gasteiger partial charge in [0.05, 0.1) is 35.6 Å². The van der Waals surface area contributed by atoms with Crippen molar-refractivity contribution in [2.45, 2.75) is 157 Å². The number of aliphatic imine (C=N–C) groups is 1. The van der Waals surface area contributed by atoms with Crippen LogP contribution in [-0.2, 0) is 46.4 Å². The monoisotopic (exact) mass is 1010 g/mol. The van der Waals surface area contributed by atoms with Crippen LogP contribution in [0.25, 0.3) is 16.5 Å². The van der Waals surface area contributed by atoms with Gasteiger partial charge in [0.25, 0.3) is 11.8 Å². The fourth-order valence-corrected chi connectivity index (χ4v) is 10.9. The number of likely N-dealkylation sites (tertiary alicyclic amines) is 2. The summed E-state index contributed by atoms with van der Waals surface area (Å²) in [5.74, 6) is 3.33. The number of aromatic nitrogens is 1. The molecule has 0 bridgehead atoms. The average molecular weight is 1010 g/mol. The van der Waals surface area contributed by atoms with Crippen molar-refractivity contribution in [3.05, 3.63) is 47.8 Å². The van der Waals surface area contributed by atoms with Crippen LogP contribution in [-0.4, -0.2) is 156 Å². The van der Waals surface area contributed by atoms with E-state index in [1.807, 2.05) is 47.6 Å². The summed E-state index contributed by atoms with van der Waals surface area (Å²) >= 11 is 0. The third-order valence-corrected chi connectivity index (χ3v) is 15.3. The van der Waals surface area contributed by atoms with Gasteiger partial charge in [-0.15, -0.1) is 0 Å². The van der Waals surface area contributed by atoms with Gasteiger partial charge in [-0.25, -0.2) is 5.43 Å². The molecular weight excluding hydrogens is 923 g/mol. The zero-order valence-corrected chi connectivity index (χ0v) is 46.1. The first-order valence-electron chi connectivity index (χ1n) is 26.8. The number of anilines is 1. The van der Waals surface area contributed by atoms with Crippen LogP contribution in [0.3, 0.4) is 0 Å². The van der Waals surface area contributed by atoms with Crippen LogP contribution in [0, 0.1) is 29.1 Å². The van der Waals surface area contributed by atoms with Gasteiger partial charge in [-0.2, -0.15) is 0 Å². The van der Waals surface area contributed by atoms with E-state index in [2.05, 4.69) is 82.5 Å². The normalized spacial score (nSPS) is 20.5. The number of piperidine rings is 1. The van der Waals surface area contributed by atoms with Crippen molar-refractivity contribution in [1.29, 1.82) is 0 Å². The van der Waals surface area contributed by atoms with Gasteiger partial charge in [0.2, 0.25) is 11.8 Å². The maximum atomic E-state index is 14.0. The Morgan fingerprint density at radius 1 is 0.973 bits per heavy atom. The molecule has 0 saturated carbocycles. The first kappa shape index (κ1) is 56.8. The lowest BCUT2D eigenvalue weighted by atomic mass is 9.84. The van der Waals surface area contributed by atoms with Gasteiger partial charge in [-0.1, -0.05) is 46.3 Å². The number of likely N-dealkylation sites (N-methyl/N-ethyl adjacent to an activating group) is 1. The summed E-state index contributed by atoms with van der Waals surface area (Å²) < 4.78 is 14.3. The highest BCUT2D eigenvalue weighted by Gasteiger charge is 2.40. The summed E-state index contributed by atoms with van der Waals surface area (Å²) in [6.07, 6.45) is 10.1. The molecule has 400 valence electrons. The molecule has 2 N–H and O–H groups in total. The molecule has 1 aromatic carbocycles. The number of fused-ring (bicyclic) bond motifs is 1. The first-order chi connectivity index (χ1) is 34.7. The maximum Gasteiger partial charge on any atom is 0.324 e. The lowest BCUT2D eigenvalue weighted by Gasteiger charge is -2.41. The Kier molecular flexibility index (Phi) is 19.2. The van der Waals surface area contributed by atoms with Crippen LogP contribution in [0.1, 0.15) is 125 Å². The van der Waals surface area contributed by atoms with Gasteiger partial charge in [-0.05, 0) is 129 Å². The zero-order valence-electron chi connectivity index (χ0n) is 46.1. The number of amides is 4. The molecule has 73 heavy (non-hydrogen) atoms. The smallest absolute Gasteiger partial charge is 0.324 e. The molecule has 6 rings (SSSR count). The number of hydrazine groups is 1. The van der Waals surface area contributed by atoms with Crippen LogP contribution in [0.4, 0.5) is 5.69 Å². The SMILES string of the molecule is C=C/C(=C(\N=C/C)[C@H](C)OC)c1c(CC(C)(C)COC(=O)[C@@H]2CCCN(C(=O)[C@H](C)NC(=O)[C@H](C(C)C)N(C)C(=O)C3CCN(C(=O)C#CC(C)(C)N4CCC4)C3)N2)c2cc(N3CCCCC3)ccc2n1CC. The lowest BCUT2D eigenvalue weighted by molar-refractivity contribution is -0.155. The molecule has 1 aromatic heterocycles. The van der Waals surface area contributed by atoms with Crippen molar-refractivity contribution in [2.24, 2.45) is 22.2 Å². The minimum absolute atomic E-state index is 0.124. The Morgan fingerprint density at radius 3 is 2.30 bits per heavy atom. The number of nitrogens with one attached hydrogen (secondary N) is 2. The first-order valence-corrected chi connectivity index (χ1v) is 26.8. The Morgan fingerprint density at radius 2 is 1.68 bits per heavy atom. The van der Waals surface area contributed by atoms with Gasteiger partial charge in [0, 0.05) is 100 Å². The molecule has 5 atom stereocenters. The van der Waals surface area contributed by atoms with Crippen molar-refractivity contribution < 1.29 is 33.4 Å². The second-order valence-electron chi connectivity index (χ2n) is 22.1. The number of esters is 1. The van der Waals surface area contributed by atoms with Gasteiger partial charge < -0.3 is 34.1 Å². The summed E-state index contributed by atoms with van der Waals surface area (Å²) in [5, 5.41) is 5.40. The third-order valence-electron chi connectivity index (χ3n) is 15.3. The topological polar surface area (TPSA) is 161 Å². The van der Waals surface area contributed by atoms with Crippen molar-refractivity contribution >= 4 is 58.0 Å². The number of rotatable bonds is 19. The number of nitrogens with zero attached hydrogens (tertiary/aromatic N) is 7. The van der Waals surface area contributed by atoms with E-state index in [0.717, 1.165) is 66.0 Å². The standard InChI is InChI=1S/C57H85N9O7/c1-14-43(49(58-15-2)40(7)72-13)51-45(44-34-42(62-28-18-17-19-29-62)23-24-47(44)65(51)16-3)35-56(8,9)37-73-55(71)46-22-20-32-66(60-46)53(69)39(6)59-52(68)50(38(4)5)61(12)54(70)41-26-33-63(36-41)48(67)25-27-57(10,11)64-30-21-31-64/h14-15,23-24,34,38-41,46,50,60H,1,16-22,26,28-33,35-37H2,2-13H3,(H,59,68)/b49-43+,58-15-/t39-,40-,41?,46-,50-/m0/s1. The van der Waals surface area contributed by atoms with E-state index in [1.165, 1.54) is 34.9 Å². The maximum absolute atomic E-state index is 14.0. The van der Waals surface area contributed by atoms with Crippen molar-refractivity contribution in [3.8, 4) is 11.8 Å². The molecule has 1 unspecified atom stereocenters. The van der Waals surface area contributed by atoms with Gasteiger partial charge in [-0.3, -0.25) is 38.9 Å². The van der Waals surface area contributed by atoms with Crippen LogP contribution < -0.4 is 15.6 Å². The molecule has 4 fully saturated rings. The van der Waals surface area contributed by atoms with Crippen molar-refractivity contribution in [3.63, 3.8) is 0 Å². The highest BCUT2D eigenvalue weighted by Crippen LogP contribution is 2.40. The minimum atomic E-state index is -0.961. The predicted octanol–water partition coefficient (Wildman–Crippen LogP) is 6.61. The number of benzene rings is 1. The largest absolute Gasteiger partial charge is 0.464 e. The fraction of sp³-hybridized carbons (Fsp3) is 0.649. The molecule has 4 saturated heterocycles. The van der Waals surface area contributed by atoms with Crippen LogP contribution in [0.2, 0.25) is 0 Å². The number of ether oxygens (including phenoxy) is 2. The molecule has 2 aromatic rings. The van der Waals surface area contributed by atoms with Crippen LogP contribution in [0.5, 0.6) is 0 Å². The van der Waals surface area contributed by atoms with E-state index in [-0.39, 0.29) is 37.0 Å². The number of carbonyl (C=O) groups excluding carboxylic acids is 5. The van der Waals surface area contributed by atoms with Crippen LogP contribution in [0.15, 0.2) is 41.5 Å². The van der Waals surface area contributed by atoms with Gasteiger partial charge in [0.15, 0.2) is 0 Å². The molecule has 4 amide bonds. The van der Waals surface area contributed by atoms with Gasteiger partial charge >= 0.3 is 5.97 Å². The average Bonchev–Trinajstić information content (AvgIpc) is 3.96. The second-order valence-corrected chi connectivity index (χ2v) is 22.1. The van der Waals surface area contributed by atoms with E-state index >= 15 is 0 Å². The van der Waals surface area contributed by atoms with Gasteiger partial charge in [0.1, 0.15) is 18.1 Å². The third kappa shape index (κ3) is 13.2. The number of aryl methyl sites for hydroxylation is 1. The van der Waals surface area contributed by atoms with E-state index in [4.69, 9.17) is 14.5 Å². The summed E-state index contributed by atoms with van der Waals surface area (Å²) in [6, 6.07) is 4.18. The Bertz CT molecular complexity index is 2470.